The summed E-state index contributed by atoms with van der Waals surface area (Å²) in [5, 5.41) is 0. The van der Waals surface area contributed by atoms with Gasteiger partial charge in [0.2, 0.25) is 0 Å². The topological polar surface area (TPSA) is 24.7 Å². The second-order valence-electron chi connectivity index (χ2n) is 2.11. The molecule has 0 saturated heterocycles. The van der Waals surface area contributed by atoms with Gasteiger partial charge in [0.25, 0.3) is 0 Å². The Kier molecular flexibility index (Phi) is 7.79. The third-order valence-electron chi connectivity index (χ3n) is 0.983. The van der Waals surface area contributed by atoms with Gasteiger partial charge in [-0.2, -0.15) is 0 Å². The molecule has 0 heterocycles. The number of hydrogen-bond acceptors (Lipinski definition) is 2. The standard InChI is InChI=1S/C8H16N2/c1-3-5-9-7-8-10-6-4-2/h7-8H,3-6H2,1-2H3/b9-7+,10-8+. The lowest BCUT2D eigenvalue weighted by Gasteiger charge is -1.82. The predicted octanol–water partition coefficient (Wildman–Crippen LogP) is 1.95. The van der Waals surface area contributed by atoms with E-state index in [9.17, 15) is 0 Å². The van der Waals surface area contributed by atoms with Crippen LogP contribution in [-0.2, 0) is 0 Å². The van der Waals surface area contributed by atoms with E-state index < -0.39 is 0 Å². The van der Waals surface area contributed by atoms with Crippen LogP contribution in [0.4, 0.5) is 0 Å². The maximum atomic E-state index is 4.09. The largest absolute Gasteiger partial charge is 0.292 e. The maximum Gasteiger partial charge on any atom is 0.0390 e. The van der Waals surface area contributed by atoms with Gasteiger partial charge in [0.15, 0.2) is 0 Å². The summed E-state index contributed by atoms with van der Waals surface area (Å²) in [6, 6.07) is 0. The Labute approximate surface area is 63.1 Å². The molecular formula is C8H16N2. The van der Waals surface area contributed by atoms with Crippen molar-refractivity contribution in [2.24, 2.45) is 9.98 Å². The monoisotopic (exact) mass is 140 g/mol. The molecule has 0 saturated carbocycles. The molecule has 2 nitrogen and oxygen atoms in total. The molecule has 2 heteroatoms. The van der Waals surface area contributed by atoms with Crippen molar-refractivity contribution >= 4 is 12.4 Å². The fourth-order valence-corrected chi connectivity index (χ4v) is 0.502. The number of aliphatic imine (C=N–C) groups is 2. The smallest absolute Gasteiger partial charge is 0.0390 e. The molecule has 0 rings (SSSR count). The lowest BCUT2D eigenvalue weighted by Crippen LogP contribution is -1.82. The van der Waals surface area contributed by atoms with Crippen molar-refractivity contribution < 1.29 is 0 Å². The van der Waals surface area contributed by atoms with Gasteiger partial charge in [0.1, 0.15) is 0 Å². The average molecular weight is 140 g/mol. The number of rotatable bonds is 5. The highest BCUT2D eigenvalue weighted by Crippen LogP contribution is 1.75. The van der Waals surface area contributed by atoms with E-state index in [1.165, 1.54) is 0 Å². The summed E-state index contributed by atoms with van der Waals surface area (Å²) >= 11 is 0. The summed E-state index contributed by atoms with van der Waals surface area (Å²) in [6.07, 6.45) is 5.77. The van der Waals surface area contributed by atoms with Crippen LogP contribution in [0, 0.1) is 0 Å². The zero-order chi connectivity index (χ0) is 7.66. The van der Waals surface area contributed by atoms with Crippen LogP contribution in [0.2, 0.25) is 0 Å². The molecule has 0 aliphatic carbocycles. The maximum absolute atomic E-state index is 4.09. The van der Waals surface area contributed by atoms with Gasteiger partial charge in [0.05, 0.1) is 0 Å². The zero-order valence-corrected chi connectivity index (χ0v) is 6.88. The van der Waals surface area contributed by atoms with Crippen LogP contribution in [0.1, 0.15) is 26.7 Å². The van der Waals surface area contributed by atoms with Crippen molar-refractivity contribution in [3.05, 3.63) is 0 Å². The minimum absolute atomic E-state index is 0.915. The van der Waals surface area contributed by atoms with Gasteiger partial charge in [0, 0.05) is 25.5 Å². The first kappa shape index (κ1) is 9.34. The second-order valence-corrected chi connectivity index (χ2v) is 2.11. The lowest BCUT2D eigenvalue weighted by atomic mass is 10.5. The fourth-order valence-electron chi connectivity index (χ4n) is 0.502. The highest BCUT2D eigenvalue weighted by molar-refractivity contribution is 6.15. The Balaban J connectivity index is 3.15. The highest BCUT2D eigenvalue weighted by atomic mass is 14.7. The molecule has 0 aliphatic rings. The van der Waals surface area contributed by atoms with Gasteiger partial charge in [-0.1, -0.05) is 13.8 Å². The molecule has 0 atom stereocenters. The SMILES string of the molecule is CCC/N=C/C=N/CCC. The van der Waals surface area contributed by atoms with Crippen LogP contribution in [0.5, 0.6) is 0 Å². The second kappa shape index (κ2) is 8.34. The van der Waals surface area contributed by atoms with Crippen LogP contribution >= 0.6 is 0 Å². The van der Waals surface area contributed by atoms with E-state index in [1.54, 1.807) is 12.4 Å². The molecule has 10 heavy (non-hydrogen) atoms. The minimum Gasteiger partial charge on any atom is -0.292 e. The van der Waals surface area contributed by atoms with Crippen molar-refractivity contribution in [1.82, 2.24) is 0 Å². The van der Waals surface area contributed by atoms with E-state index >= 15 is 0 Å². The molecule has 0 fully saturated rings. The van der Waals surface area contributed by atoms with E-state index in [-0.39, 0.29) is 0 Å². The van der Waals surface area contributed by atoms with E-state index in [2.05, 4.69) is 23.8 Å². The third-order valence-corrected chi connectivity index (χ3v) is 0.983. The Morgan fingerprint density at radius 3 is 1.60 bits per heavy atom. The van der Waals surface area contributed by atoms with Gasteiger partial charge in [-0.25, -0.2) is 0 Å². The molecule has 0 spiro atoms. The number of hydrogen-bond donors (Lipinski definition) is 0. The quantitative estimate of drug-likeness (QED) is 0.521. The van der Waals surface area contributed by atoms with Crippen LogP contribution in [0.3, 0.4) is 0 Å². The van der Waals surface area contributed by atoms with Crippen molar-refractivity contribution in [3.63, 3.8) is 0 Å². The van der Waals surface area contributed by atoms with Gasteiger partial charge >= 0.3 is 0 Å². The van der Waals surface area contributed by atoms with E-state index in [0.29, 0.717) is 0 Å². The lowest BCUT2D eigenvalue weighted by molar-refractivity contribution is 0.933. The van der Waals surface area contributed by atoms with Gasteiger partial charge in [-0.05, 0) is 12.8 Å². The minimum atomic E-state index is 0.915. The van der Waals surface area contributed by atoms with Crippen molar-refractivity contribution in [2.75, 3.05) is 13.1 Å². The van der Waals surface area contributed by atoms with Crippen molar-refractivity contribution in [1.29, 1.82) is 0 Å². The molecule has 0 bridgehead atoms. The van der Waals surface area contributed by atoms with Crippen molar-refractivity contribution in [2.45, 2.75) is 26.7 Å². The van der Waals surface area contributed by atoms with Gasteiger partial charge < -0.3 is 0 Å². The molecule has 0 aromatic heterocycles. The average Bonchev–Trinajstić information content (AvgIpc) is 1.97. The summed E-state index contributed by atoms with van der Waals surface area (Å²) < 4.78 is 0. The molecule has 0 unspecified atom stereocenters. The Hall–Kier alpha value is -0.660. The molecule has 0 amide bonds. The highest BCUT2D eigenvalue weighted by Gasteiger charge is 1.71. The molecule has 0 aliphatic heterocycles. The van der Waals surface area contributed by atoms with Crippen LogP contribution in [-0.4, -0.2) is 25.5 Å². The van der Waals surface area contributed by atoms with Gasteiger partial charge in [-0.15, -0.1) is 0 Å². The van der Waals surface area contributed by atoms with Crippen molar-refractivity contribution in [3.8, 4) is 0 Å². The van der Waals surface area contributed by atoms with E-state index in [0.717, 1.165) is 25.9 Å². The summed E-state index contributed by atoms with van der Waals surface area (Å²) in [5.41, 5.74) is 0. The third kappa shape index (κ3) is 7.34. The Morgan fingerprint density at radius 2 is 1.30 bits per heavy atom. The molecule has 0 aromatic carbocycles. The molecular weight excluding hydrogens is 124 g/mol. The fraction of sp³-hybridized carbons (Fsp3) is 0.750. The molecule has 58 valence electrons. The van der Waals surface area contributed by atoms with Gasteiger partial charge in [-0.3, -0.25) is 9.98 Å². The Bertz CT molecular complexity index is 91.8. The molecule has 0 aromatic rings. The first-order chi connectivity index (χ1) is 4.91. The van der Waals surface area contributed by atoms with E-state index in [1.807, 2.05) is 0 Å². The van der Waals surface area contributed by atoms with E-state index in [4.69, 9.17) is 0 Å². The predicted molar refractivity (Wildman–Crippen MR) is 47.3 cm³/mol. The first-order valence-electron chi connectivity index (χ1n) is 3.90. The summed E-state index contributed by atoms with van der Waals surface area (Å²) in [6.45, 7) is 6.05. The zero-order valence-electron chi connectivity index (χ0n) is 6.88. The van der Waals surface area contributed by atoms with Crippen LogP contribution in [0.15, 0.2) is 9.98 Å². The molecule has 0 N–H and O–H groups in total. The summed E-state index contributed by atoms with van der Waals surface area (Å²) in [4.78, 5) is 8.17. The summed E-state index contributed by atoms with van der Waals surface area (Å²) in [7, 11) is 0. The molecule has 0 radical (unpaired) electrons. The van der Waals surface area contributed by atoms with Crippen LogP contribution < -0.4 is 0 Å². The normalized spacial score (nSPS) is 11.8. The first-order valence-corrected chi connectivity index (χ1v) is 3.90. The Morgan fingerprint density at radius 1 is 0.900 bits per heavy atom. The summed E-state index contributed by atoms with van der Waals surface area (Å²) in [5.74, 6) is 0. The number of nitrogens with zero attached hydrogens (tertiary/aromatic N) is 2. The van der Waals surface area contributed by atoms with Crippen LogP contribution in [0.25, 0.3) is 0 Å².